The first-order chi connectivity index (χ1) is 15.0. The molecule has 1 saturated heterocycles. The summed E-state index contributed by atoms with van der Waals surface area (Å²) in [6, 6.07) is 13.4. The molecule has 0 atom stereocenters. The Hall–Kier alpha value is -2.73. The first-order valence-corrected chi connectivity index (χ1v) is 11.2. The molecule has 2 aromatic carbocycles. The van der Waals surface area contributed by atoms with Crippen LogP contribution >= 0.6 is 0 Å². The van der Waals surface area contributed by atoms with E-state index in [0.717, 1.165) is 31.2 Å². The Kier molecular flexibility index (Phi) is 8.18. The van der Waals surface area contributed by atoms with Crippen LogP contribution in [0.5, 0.6) is 11.5 Å². The molecule has 31 heavy (non-hydrogen) atoms. The number of hydrogen-bond donors (Lipinski definition) is 1. The van der Waals surface area contributed by atoms with Crippen LogP contribution in [0.4, 0.5) is 11.4 Å². The van der Waals surface area contributed by atoms with Crippen molar-refractivity contribution in [1.29, 1.82) is 0 Å². The fourth-order valence-corrected chi connectivity index (χ4v) is 4.04. The zero-order chi connectivity index (χ0) is 22.2. The van der Waals surface area contributed by atoms with Crippen LogP contribution in [-0.2, 0) is 0 Å². The number of anilines is 2. The van der Waals surface area contributed by atoms with E-state index in [1.54, 1.807) is 18.2 Å². The summed E-state index contributed by atoms with van der Waals surface area (Å²) in [5.41, 5.74) is 2.53. The van der Waals surface area contributed by atoms with Gasteiger partial charge in [0.05, 0.1) is 13.2 Å². The van der Waals surface area contributed by atoms with Gasteiger partial charge in [-0.1, -0.05) is 0 Å². The molecule has 1 fully saturated rings. The fourth-order valence-electron chi connectivity index (χ4n) is 4.04. The van der Waals surface area contributed by atoms with Crippen LogP contribution in [0, 0.1) is 5.92 Å². The summed E-state index contributed by atoms with van der Waals surface area (Å²) in [4.78, 5) is 17.4. The summed E-state index contributed by atoms with van der Waals surface area (Å²) in [6.45, 7) is 8.22. The second-order valence-corrected chi connectivity index (χ2v) is 8.22. The molecule has 2 aromatic rings. The molecule has 0 aliphatic carbocycles. The minimum atomic E-state index is -0.166. The maximum absolute atomic E-state index is 12.7. The monoisotopic (exact) mass is 425 g/mol. The van der Waals surface area contributed by atoms with Crippen LogP contribution in [0.1, 0.15) is 37.0 Å². The summed E-state index contributed by atoms with van der Waals surface area (Å²) in [5.74, 6) is 1.85. The number of nitrogens with one attached hydrogen (secondary N) is 1. The minimum Gasteiger partial charge on any atom is -0.490 e. The van der Waals surface area contributed by atoms with Crippen molar-refractivity contribution >= 4 is 17.3 Å². The molecule has 0 radical (unpaired) electrons. The van der Waals surface area contributed by atoms with Crippen molar-refractivity contribution < 1.29 is 14.3 Å². The van der Waals surface area contributed by atoms with E-state index in [1.165, 1.54) is 18.5 Å². The summed E-state index contributed by atoms with van der Waals surface area (Å²) in [5, 5.41) is 2.98. The summed E-state index contributed by atoms with van der Waals surface area (Å²) in [6.07, 6.45) is 2.44. The molecule has 0 aromatic heterocycles. The lowest BCUT2D eigenvalue weighted by Gasteiger charge is -2.34. The summed E-state index contributed by atoms with van der Waals surface area (Å²) in [7, 11) is 4.29. The van der Waals surface area contributed by atoms with Crippen molar-refractivity contribution in [2.24, 2.45) is 5.92 Å². The Morgan fingerprint density at radius 1 is 1.00 bits per heavy atom. The van der Waals surface area contributed by atoms with Crippen molar-refractivity contribution in [2.45, 2.75) is 26.7 Å². The molecule has 0 spiro atoms. The van der Waals surface area contributed by atoms with Gasteiger partial charge in [-0.25, -0.2) is 0 Å². The van der Waals surface area contributed by atoms with E-state index < -0.39 is 0 Å². The lowest BCUT2D eigenvalue weighted by atomic mass is 9.96. The highest BCUT2D eigenvalue weighted by atomic mass is 16.5. The van der Waals surface area contributed by atoms with Gasteiger partial charge in [-0.2, -0.15) is 0 Å². The Morgan fingerprint density at radius 2 is 1.65 bits per heavy atom. The van der Waals surface area contributed by atoms with Crippen LogP contribution in [0.3, 0.4) is 0 Å². The number of ether oxygens (including phenoxy) is 2. The van der Waals surface area contributed by atoms with Gasteiger partial charge in [0.15, 0.2) is 11.5 Å². The molecule has 3 rings (SSSR count). The number of hydrogen-bond acceptors (Lipinski definition) is 5. The van der Waals surface area contributed by atoms with Crippen molar-refractivity contribution in [3.63, 3.8) is 0 Å². The molecule has 168 valence electrons. The average Bonchev–Trinajstić information content (AvgIpc) is 2.76. The second-order valence-electron chi connectivity index (χ2n) is 8.22. The molecule has 6 heteroatoms. The smallest absolute Gasteiger partial charge is 0.255 e. The Morgan fingerprint density at radius 3 is 2.26 bits per heavy atom. The molecule has 1 N–H and O–H groups in total. The van der Waals surface area contributed by atoms with E-state index in [4.69, 9.17) is 9.47 Å². The number of piperidine rings is 1. The number of nitrogens with zero attached hydrogens (tertiary/aromatic N) is 2. The molecule has 0 unspecified atom stereocenters. The van der Waals surface area contributed by atoms with Gasteiger partial charge >= 0.3 is 0 Å². The minimum absolute atomic E-state index is 0.166. The topological polar surface area (TPSA) is 54.0 Å². The highest BCUT2D eigenvalue weighted by Gasteiger charge is 2.20. The number of benzene rings is 2. The molecule has 1 aliphatic rings. The lowest BCUT2D eigenvalue weighted by molar-refractivity contribution is 0.102. The van der Waals surface area contributed by atoms with Crippen molar-refractivity contribution in [3.05, 3.63) is 48.0 Å². The summed E-state index contributed by atoms with van der Waals surface area (Å²) < 4.78 is 11.2. The lowest BCUT2D eigenvalue weighted by Crippen LogP contribution is -2.37. The molecule has 6 nitrogen and oxygen atoms in total. The van der Waals surface area contributed by atoms with E-state index in [9.17, 15) is 4.79 Å². The summed E-state index contributed by atoms with van der Waals surface area (Å²) >= 11 is 0. The first-order valence-electron chi connectivity index (χ1n) is 11.2. The molecule has 0 bridgehead atoms. The van der Waals surface area contributed by atoms with Crippen molar-refractivity contribution in [3.8, 4) is 11.5 Å². The maximum Gasteiger partial charge on any atom is 0.255 e. The zero-order valence-corrected chi connectivity index (χ0v) is 19.2. The molecule has 1 heterocycles. The van der Waals surface area contributed by atoms with Gasteiger partial charge in [0.2, 0.25) is 0 Å². The highest BCUT2D eigenvalue weighted by molar-refractivity contribution is 6.04. The van der Waals surface area contributed by atoms with Gasteiger partial charge in [0, 0.05) is 36.6 Å². The third-order valence-electron chi connectivity index (χ3n) is 5.53. The van der Waals surface area contributed by atoms with Crippen LogP contribution < -0.4 is 19.7 Å². The number of carbonyl (C=O) groups is 1. The average molecular weight is 426 g/mol. The Balaban J connectivity index is 1.60. The van der Waals surface area contributed by atoms with Gasteiger partial charge in [-0.15, -0.1) is 0 Å². The molecule has 0 saturated carbocycles. The quantitative estimate of drug-likeness (QED) is 0.640. The van der Waals surface area contributed by atoms with Gasteiger partial charge < -0.3 is 24.6 Å². The fraction of sp³-hybridized carbons (Fsp3) is 0.480. The molecule has 1 aliphatic heterocycles. The predicted octanol–water partition coefficient (Wildman–Crippen LogP) is 4.51. The van der Waals surface area contributed by atoms with Crippen molar-refractivity contribution in [2.75, 3.05) is 57.2 Å². The molecular formula is C25H35N3O3. The van der Waals surface area contributed by atoms with Crippen LogP contribution in [-0.4, -0.2) is 57.8 Å². The number of amides is 1. The van der Waals surface area contributed by atoms with Gasteiger partial charge in [-0.3, -0.25) is 4.79 Å². The normalized spacial score (nSPS) is 14.5. The zero-order valence-electron chi connectivity index (χ0n) is 19.2. The van der Waals surface area contributed by atoms with Gasteiger partial charge in [-0.05, 0) is 89.2 Å². The second kappa shape index (κ2) is 11.0. The Bertz CT molecular complexity index is 844. The highest BCUT2D eigenvalue weighted by Crippen LogP contribution is 2.29. The molecule has 1 amide bonds. The Labute approximate surface area is 186 Å². The van der Waals surface area contributed by atoms with E-state index in [-0.39, 0.29) is 5.91 Å². The third kappa shape index (κ3) is 6.37. The maximum atomic E-state index is 12.7. The van der Waals surface area contributed by atoms with E-state index >= 15 is 0 Å². The van der Waals surface area contributed by atoms with Crippen LogP contribution in [0.25, 0.3) is 0 Å². The van der Waals surface area contributed by atoms with Gasteiger partial charge in [0.1, 0.15) is 0 Å². The van der Waals surface area contributed by atoms with E-state index in [0.29, 0.717) is 30.3 Å². The van der Waals surface area contributed by atoms with Gasteiger partial charge in [0.25, 0.3) is 5.91 Å². The molecular weight excluding hydrogens is 390 g/mol. The van der Waals surface area contributed by atoms with Crippen LogP contribution in [0.2, 0.25) is 0 Å². The van der Waals surface area contributed by atoms with E-state index in [2.05, 4.69) is 41.3 Å². The van der Waals surface area contributed by atoms with Crippen LogP contribution in [0.15, 0.2) is 42.5 Å². The third-order valence-corrected chi connectivity index (χ3v) is 5.53. The SMILES string of the molecule is CCOc1ccc(C(=O)Nc2ccc(N3CCC(CN(C)C)CC3)cc2)cc1OCC. The predicted molar refractivity (Wildman–Crippen MR) is 127 cm³/mol. The number of carbonyl (C=O) groups excluding carboxylic acids is 1. The standard InChI is InChI=1S/C25H35N3O3/c1-5-30-23-12-7-20(17-24(23)31-6-2)25(29)26-21-8-10-22(11-9-21)28-15-13-19(14-16-28)18-27(3)4/h7-12,17,19H,5-6,13-16,18H2,1-4H3,(H,26,29). The van der Waals surface area contributed by atoms with Crippen molar-refractivity contribution in [1.82, 2.24) is 4.90 Å². The van der Waals surface area contributed by atoms with E-state index in [1.807, 2.05) is 26.0 Å². The first kappa shape index (κ1) is 22.9. The number of rotatable bonds is 9. The largest absolute Gasteiger partial charge is 0.490 e.